The van der Waals surface area contributed by atoms with E-state index in [9.17, 15) is 19.2 Å². The Kier molecular flexibility index (Phi) is 8.04. The smallest absolute Gasteiger partial charge is 0.355 e. The van der Waals surface area contributed by atoms with Gasteiger partial charge in [-0.25, -0.2) is 14.4 Å². The van der Waals surface area contributed by atoms with Gasteiger partial charge >= 0.3 is 17.9 Å². The molecule has 0 aromatic heterocycles. The maximum atomic E-state index is 12.6. The van der Waals surface area contributed by atoms with Crippen molar-refractivity contribution in [3.63, 3.8) is 0 Å². The summed E-state index contributed by atoms with van der Waals surface area (Å²) in [5, 5.41) is 0.490. The van der Waals surface area contributed by atoms with Crippen LogP contribution >= 0.6 is 11.6 Å². The van der Waals surface area contributed by atoms with Crippen LogP contribution in [0.2, 0.25) is 5.02 Å². The number of nitrogens with zero attached hydrogens (tertiary/aromatic N) is 1. The van der Waals surface area contributed by atoms with E-state index >= 15 is 0 Å². The molecule has 1 heterocycles. The first-order valence-electron chi connectivity index (χ1n) is 10.1. The second-order valence-electron chi connectivity index (χ2n) is 7.18. The van der Waals surface area contributed by atoms with Crippen molar-refractivity contribution < 1.29 is 38.1 Å². The van der Waals surface area contributed by atoms with Gasteiger partial charge in [-0.2, -0.15) is 0 Å². The van der Waals surface area contributed by atoms with E-state index in [1.54, 1.807) is 36.4 Å². The lowest BCUT2D eigenvalue weighted by molar-refractivity contribution is -0.140. The van der Waals surface area contributed by atoms with Crippen LogP contribution in [0, 0.1) is 0 Å². The van der Waals surface area contributed by atoms with E-state index in [0.29, 0.717) is 16.3 Å². The van der Waals surface area contributed by atoms with E-state index in [-0.39, 0.29) is 36.0 Å². The van der Waals surface area contributed by atoms with Crippen LogP contribution in [-0.2, 0) is 28.5 Å². The maximum Gasteiger partial charge on any atom is 0.355 e. The maximum absolute atomic E-state index is 12.6. The van der Waals surface area contributed by atoms with Gasteiger partial charge in [-0.05, 0) is 55.5 Å². The summed E-state index contributed by atoms with van der Waals surface area (Å²) < 4.78 is 20.3. The minimum absolute atomic E-state index is 0.0126. The second-order valence-corrected chi connectivity index (χ2v) is 7.62. The van der Waals surface area contributed by atoms with Crippen molar-refractivity contribution in [3.05, 3.63) is 76.0 Å². The summed E-state index contributed by atoms with van der Waals surface area (Å²) in [6.45, 7) is 1.34. The van der Waals surface area contributed by atoms with Crippen molar-refractivity contribution in [2.24, 2.45) is 0 Å². The number of carbonyl (C=O) groups is 4. The molecule has 1 aliphatic heterocycles. The molecule has 1 atom stereocenters. The van der Waals surface area contributed by atoms with Gasteiger partial charge in [-0.15, -0.1) is 0 Å². The average Bonchev–Trinajstić information content (AvgIpc) is 2.87. The first-order valence-corrected chi connectivity index (χ1v) is 10.5. The molecule has 2 aromatic carbocycles. The number of ether oxygens (including phenoxy) is 4. The topological polar surface area (TPSA) is 108 Å². The van der Waals surface area contributed by atoms with E-state index in [1.165, 1.54) is 38.2 Å². The normalized spacial score (nSPS) is 14.3. The molecule has 0 amide bonds. The van der Waals surface area contributed by atoms with Gasteiger partial charge in [-0.3, -0.25) is 4.79 Å². The zero-order valence-electron chi connectivity index (χ0n) is 18.7. The summed E-state index contributed by atoms with van der Waals surface area (Å²) in [5.41, 5.74) is 1.02. The molecule has 0 N–H and O–H groups in total. The highest BCUT2D eigenvalue weighted by molar-refractivity contribution is 6.30. The fourth-order valence-corrected chi connectivity index (χ4v) is 3.38. The third-order valence-electron chi connectivity index (χ3n) is 5.03. The summed E-state index contributed by atoms with van der Waals surface area (Å²) in [5.74, 6) is -2.52. The molecule has 178 valence electrons. The number of anilines is 1. The van der Waals surface area contributed by atoms with Crippen LogP contribution in [-0.4, -0.2) is 57.4 Å². The predicted octanol–water partition coefficient (Wildman–Crippen LogP) is 3.16. The molecule has 10 heteroatoms. The monoisotopic (exact) mass is 487 g/mol. The van der Waals surface area contributed by atoms with E-state index < -0.39 is 24.0 Å². The number of hydrogen-bond acceptors (Lipinski definition) is 9. The Morgan fingerprint density at radius 3 is 2.06 bits per heavy atom. The molecule has 34 heavy (non-hydrogen) atoms. The van der Waals surface area contributed by atoms with Gasteiger partial charge in [0.25, 0.3) is 0 Å². The molecular formula is C24H22ClNO8. The van der Waals surface area contributed by atoms with Crippen molar-refractivity contribution >= 4 is 41.0 Å². The number of esters is 3. The molecule has 1 aliphatic rings. The van der Waals surface area contributed by atoms with E-state index in [2.05, 4.69) is 0 Å². The third-order valence-corrected chi connectivity index (χ3v) is 5.28. The molecule has 0 radical (unpaired) electrons. The quantitative estimate of drug-likeness (QED) is 0.330. The van der Waals surface area contributed by atoms with Gasteiger partial charge in [-0.1, -0.05) is 11.6 Å². The molecule has 0 fully saturated rings. The molecule has 1 unspecified atom stereocenters. The van der Waals surface area contributed by atoms with Crippen LogP contribution < -0.4 is 4.90 Å². The number of ketones is 1. The van der Waals surface area contributed by atoms with E-state index in [4.69, 9.17) is 30.5 Å². The van der Waals surface area contributed by atoms with Gasteiger partial charge in [0, 0.05) is 16.3 Å². The minimum atomic E-state index is -1.01. The largest absolute Gasteiger partial charge is 0.466 e. The van der Waals surface area contributed by atoms with Crippen molar-refractivity contribution in [1.29, 1.82) is 0 Å². The average molecular weight is 488 g/mol. The van der Waals surface area contributed by atoms with Crippen LogP contribution in [0.3, 0.4) is 0 Å². The van der Waals surface area contributed by atoms with Crippen LogP contribution in [0.25, 0.3) is 0 Å². The highest BCUT2D eigenvalue weighted by Gasteiger charge is 2.32. The molecule has 0 aliphatic carbocycles. The SMILES string of the molecule is COC(=O)C1=C(C(=O)OC)N(c2ccc(C(=O)OC(C)C(=O)c3ccc(Cl)cc3)cc2)COC1. The second kappa shape index (κ2) is 11.0. The van der Waals surface area contributed by atoms with E-state index in [0.717, 1.165) is 0 Å². The number of hydrogen-bond donors (Lipinski definition) is 0. The first-order chi connectivity index (χ1) is 16.3. The molecule has 9 nitrogen and oxygen atoms in total. The number of methoxy groups -OCH3 is 2. The van der Waals surface area contributed by atoms with Crippen molar-refractivity contribution in [1.82, 2.24) is 0 Å². The Labute approximate surface area is 200 Å². The molecule has 0 bridgehead atoms. The molecule has 2 aromatic rings. The Morgan fingerprint density at radius 2 is 1.47 bits per heavy atom. The summed E-state index contributed by atoms with van der Waals surface area (Å²) in [4.78, 5) is 51.0. The van der Waals surface area contributed by atoms with Crippen molar-refractivity contribution in [2.45, 2.75) is 13.0 Å². The minimum Gasteiger partial charge on any atom is -0.466 e. The zero-order chi connectivity index (χ0) is 24.8. The number of rotatable bonds is 7. The van der Waals surface area contributed by atoms with E-state index in [1.807, 2.05) is 0 Å². The van der Waals surface area contributed by atoms with Crippen molar-refractivity contribution in [2.75, 3.05) is 32.5 Å². The Balaban J connectivity index is 1.77. The third kappa shape index (κ3) is 5.44. The van der Waals surface area contributed by atoms with Gasteiger partial charge in [0.05, 0.1) is 32.0 Å². The van der Waals surface area contributed by atoms with Gasteiger partial charge in [0.15, 0.2) is 6.10 Å². The Hall–Kier alpha value is -3.69. The lowest BCUT2D eigenvalue weighted by atomic mass is 10.1. The number of benzene rings is 2. The zero-order valence-corrected chi connectivity index (χ0v) is 19.5. The van der Waals surface area contributed by atoms with Gasteiger partial charge in [0.1, 0.15) is 12.4 Å². The lowest BCUT2D eigenvalue weighted by Crippen LogP contribution is -2.38. The number of carbonyl (C=O) groups excluding carboxylic acids is 4. The summed E-state index contributed by atoms with van der Waals surface area (Å²) in [7, 11) is 2.39. The molecular weight excluding hydrogens is 466 g/mol. The van der Waals surface area contributed by atoms with Gasteiger partial charge < -0.3 is 23.8 Å². The fourth-order valence-electron chi connectivity index (χ4n) is 3.26. The van der Waals surface area contributed by atoms with Crippen LogP contribution in [0.15, 0.2) is 59.8 Å². The Morgan fingerprint density at radius 1 is 0.882 bits per heavy atom. The molecule has 0 saturated heterocycles. The highest BCUT2D eigenvalue weighted by Crippen LogP contribution is 2.27. The summed E-state index contributed by atoms with van der Waals surface area (Å²) in [6.07, 6.45) is -1.01. The standard InChI is InChI=1S/C24H22ClNO8/c1-14(21(27)15-4-8-17(25)9-5-15)34-22(28)16-6-10-18(11-7-16)26-13-33-12-19(23(29)31-2)20(26)24(30)32-3/h4-11,14H,12-13H2,1-3H3. The Bertz CT molecular complexity index is 1120. The summed E-state index contributed by atoms with van der Waals surface area (Å²) in [6, 6.07) is 12.3. The molecule has 0 saturated carbocycles. The number of Topliss-reactive ketones (excluding diaryl/α,β-unsaturated/α-hetero) is 1. The van der Waals surface area contributed by atoms with Crippen LogP contribution in [0.4, 0.5) is 5.69 Å². The lowest BCUT2D eigenvalue weighted by Gasteiger charge is -2.31. The van der Waals surface area contributed by atoms with Gasteiger partial charge in [0.2, 0.25) is 5.78 Å². The molecule has 0 spiro atoms. The van der Waals surface area contributed by atoms with Crippen molar-refractivity contribution in [3.8, 4) is 0 Å². The highest BCUT2D eigenvalue weighted by atomic mass is 35.5. The number of halogens is 1. The van der Waals surface area contributed by atoms with Crippen LogP contribution in [0.5, 0.6) is 0 Å². The van der Waals surface area contributed by atoms with Crippen LogP contribution in [0.1, 0.15) is 27.6 Å². The first kappa shape index (κ1) is 24.9. The summed E-state index contributed by atoms with van der Waals surface area (Å²) >= 11 is 5.84. The fraction of sp³-hybridized carbons (Fsp3) is 0.250. The predicted molar refractivity (Wildman–Crippen MR) is 121 cm³/mol. The molecule has 3 rings (SSSR count).